The summed E-state index contributed by atoms with van der Waals surface area (Å²) in [6.07, 6.45) is 4.17. The standard InChI is InChI=1S/C32H38FN3O6S/c1-4-28(32(38)34-25-12-8-9-13-25)35(21-23-10-6-5-7-11-23)31(37)22-36(26-16-14-24(33)15-17-26)43(39,40)27-18-19-29(41-2)30(20-27)42-3/h5-7,10-11,14-20,25,28H,4,8-9,12-13,21-22H2,1-3H3,(H,34,38). The fourth-order valence-corrected chi connectivity index (χ4v) is 6.74. The molecule has 11 heteroatoms. The highest BCUT2D eigenvalue weighted by molar-refractivity contribution is 7.92. The van der Waals surface area contributed by atoms with Crippen molar-refractivity contribution in [2.45, 2.75) is 62.6 Å². The quantitative estimate of drug-likeness (QED) is 0.295. The highest BCUT2D eigenvalue weighted by Crippen LogP contribution is 2.32. The average Bonchev–Trinajstić information content (AvgIpc) is 3.53. The second kappa shape index (κ2) is 14.4. The van der Waals surface area contributed by atoms with Crippen molar-refractivity contribution in [1.82, 2.24) is 10.2 Å². The molecule has 0 radical (unpaired) electrons. The minimum atomic E-state index is -4.37. The molecule has 9 nitrogen and oxygen atoms in total. The van der Waals surface area contributed by atoms with Crippen molar-refractivity contribution in [3.8, 4) is 11.5 Å². The number of amides is 2. The van der Waals surface area contributed by atoms with Crippen LogP contribution in [0.5, 0.6) is 11.5 Å². The summed E-state index contributed by atoms with van der Waals surface area (Å²) in [5.74, 6) is -0.882. The lowest BCUT2D eigenvalue weighted by molar-refractivity contribution is -0.140. The molecule has 0 bridgehead atoms. The molecule has 0 aliphatic heterocycles. The number of rotatable bonds is 13. The van der Waals surface area contributed by atoms with Crippen LogP contribution in [0.3, 0.4) is 0 Å². The van der Waals surface area contributed by atoms with E-state index in [1.54, 1.807) is 0 Å². The van der Waals surface area contributed by atoms with Crippen LogP contribution in [-0.2, 0) is 26.2 Å². The minimum absolute atomic E-state index is 0.0522. The molecule has 43 heavy (non-hydrogen) atoms. The van der Waals surface area contributed by atoms with Gasteiger partial charge in [0, 0.05) is 18.7 Å². The molecular weight excluding hydrogens is 573 g/mol. The van der Waals surface area contributed by atoms with Gasteiger partial charge in [-0.2, -0.15) is 0 Å². The summed E-state index contributed by atoms with van der Waals surface area (Å²) >= 11 is 0. The van der Waals surface area contributed by atoms with E-state index in [0.29, 0.717) is 12.2 Å². The highest BCUT2D eigenvalue weighted by Gasteiger charge is 2.35. The molecule has 1 fully saturated rings. The van der Waals surface area contributed by atoms with Crippen molar-refractivity contribution in [3.05, 3.63) is 84.2 Å². The molecule has 0 heterocycles. The first-order valence-corrected chi connectivity index (χ1v) is 15.8. The number of halogens is 1. The normalized spacial score (nSPS) is 14.1. The van der Waals surface area contributed by atoms with Crippen LogP contribution in [0.25, 0.3) is 0 Å². The SMILES string of the molecule is CCC(C(=O)NC1CCCC1)N(Cc1ccccc1)C(=O)CN(c1ccc(F)cc1)S(=O)(=O)c1ccc(OC)c(OC)c1. The Morgan fingerprint density at radius 3 is 2.21 bits per heavy atom. The van der Waals surface area contributed by atoms with E-state index in [9.17, 15) is 22.4 Å². The third-order valence-electron chi connectivity index (χ3n) is 7.62. The lowest BCUT2D eigenvalue weighted by Crippen LogP contribution is -2.53. The highest BCUT2D eigenvalue weighted by atomic mass is 32.2. The van der Waals surface area contributed by atoms with Crippen LogP contribution in [0, 0.1) is 5.82 Å². The van der Waals surface area contributed by atoms with Crippen molar-refractivity contribution < 1.29 is 31.9 Å². The third kappa shape index (κ3) is 7.64. The molecule has 1 unspecified atom stereocenters. The minimum Gasteiger partial charge on any atom is -0.493 e. The molecule has 0 saturated heterocycles. The summed E-state index contributed by atoms with van der Waals surface area (Å²) in [4.78, 5) is 28.9. The van der Waals surface area contributed by atoms with Crippen LogP contribution < -0.4 is 19.1 Å². The fraction of sp³-hybridized carbons (Fsp3) is 0.375. The van der Waals surface area contributed by atoms with Crippen LogP contribution in [0.15, 0.2) is 77.7 Å². The molecule has 1 N–H and O–H groups in total. The van der Waals surface area contributed by atoms with Gasteiger partial charge in [-0.05, 0) is 61.2 Å². The van der Waals surface area contributed by atoms with Crippen LogP contribution in [0.2, 0.25) is 0 Å². The Labute approximate surface area is 252 Å². The molecule has 1 saturated carbocycles. The Morgan fingerprint density at radius 1 is 0.953 bits per heavy atom. The van der Waals surface area contributed by atoms with Crippen LogP contribution in [0.1, 0.15) is 44.6 Å². The van der Waals surface area contributed by atoms with Crippen LogP contribution >= 0.6 is 0 Å². The molecule has 3 aromatic rings. The summed E-state index contributed by atoms with van der Waals surface area (Å²) in [6.45, 7) is 1.30. The number of sulfonamides is 1. The van der Waals surface area contributed by atoms with Gasteiger partial charge in [-0.25, -0.2) is 12.8 Å². The molecule has 1 aliphatic rings. The predicted octanol–water partition coefficient (Wildman–Crippen LogP) is 4.90. The van der Waals surface area contributed by atoms with Gasteiger partial charge in [0.1, 0.15) is 18.4 Å². The average molecular weight is 612 g/mol. The van der Waals surface area contributed by atoms with E-state index in [0.717, 1.165) is 47.7 Å². The number of carbonyl (C=O) groups excluding carboxylic acids is 2. The molecule has 3 aromatic carbocycles. The van der Waals surface area contributed by atoms with Crippen molar-refractivity contribution in [3.63, 3.8) is 0 Å². The number of hydrogen-bond donors (Lipinski definition) is 1. The van der Waals surface area contributed by atoms with Crippen molar-refractivity contribution >= 4 is 27.5 Å². The molecule has 0 spiro atoms. The molecule has 1 atom stereocenters. The first kappa shape index (κ1) is 31.8. The number of nitrogens with one attached hydrogen (secondary N) is 1. The Morgan fingerprint density at radius 2 is 1.60 bits per heavy atom. The van der Waals surface area contributed by atoms with Gasteiger partial charge in [-0.3, -0.25) is 13.9 Å². The summed E-state index contributed by atoms with van der Waals surface area (Å²) in [6, 6.07) is 17.4. The molecule has 0 aromatic heterocycles. The van der Waals surface area contributed by atoms with Crippen LogP contribution in [0.4, 0.5) is 10.1 Å². The van der Waals surface area contributed by atoms with Gasteiger partial charge in [0.05, 0.1) is 24.8 Å². The van der Waals surface area contributed by atoms with E-state index in [4.69, 9.17) is 9.47 Å². The first-order valence-electron chi connectivity index (χ1n) is 14.3. The van der Waals surface area contributed by atoms with E-state index in [1.165, 1.54) is 49.5 Å². The van der Waals surface area contributed by atoms with Crippen LogP contribution in [-0.4, -0.2) is 58.0 Å². The third-order valence-corrected chi connectivity index (χ3v) is 9.39. The van der Waals surface area contributed by atoms with Gasteiger partial charge in [-0.1, -0.05) is 50.1 Å². The number of anilines is 1. The Balaban J connectivity index is 1.72. The summed E-state index contributed by atoms with van der Waals surface area (Å²) in [7, 11) is -1.55. The van der Waals surface area contributed by atoms with Gasteiger partial charge >= 0.3 is 0 Å². The number of hydrogen-bond acceptors (Lipinski definition) is 6. The van der Waals surface area contributed by atoms with E-state index < -0.39 is 34.3 Å². The number of benzene rings is 3. The number of carbonyl (C=O) groups is 2. The molecular formula is C32H38FN3O6S. The number of ether oxygens (including phenoxy) is 2. The Kier molecular flexibility index (Phi) is 10.6. The molecule has 2 amide bonds. The van der Waals surface area contributed by atoms with E-state index >= 15 is 0 Å². The maximum absolute atomic E-state index is 14.2. The second-order valence-corrected chi connectivity index (χ2v) is 12.3. The van der Waals surface area contributed by atoms with Gasteiger partial charge in [0.15, 0.2) is 11.5 Å². The van der Waals surface area contributed by atoms with Gasteiger partial charge in [-0.15, -0.1) is 0 Å². The topological polar surface area (TPSA) is 105 Å². The van der Waals surface area contributed by atoms with E-state index in [-0.39, 0.29) is 34.8 Å². The number of nitrogens with zero attached hydrogens (tertiary/aromatic N) is 2. The van der Waals surface area contributed by atoms with E-state index in [2.05, 4.69) is 5.32 Å². The molecule has 1 aliphatic carbocycles. The van der Waals surface area contributed by atoms with E-state index in [1.807, 2.05) is 37.3 Å². The number of methoxy groups -OCH3 is 2. The summed E-state index contributed by atoms with van der Waals surface area (Å²) < 4.78 is 53.5. The van der Waals surface area contributed by atoms with Crippen molar-refractivity contribution in [2.75, 3.05) is 25.1 Å². The van der Waals surface area contributed by atoms with Gasteiger partial charge in [0.2, 0.25) is 11.8 Å². The van der Waals surface area contributed by atoms with Crippen molar-refractivity contribution in [2.24, 2.45) is 0 Å². The smallest absolute Gasteiger partial charge is 0.264 e. The Hall–Kier alpha value is -4.12. The van der Waals surface area contributed by atoms with Crippen molar-refractivity contribution in [1.29, 1.82) is 0 Å². The monoisotopic (exact) mass is 611 g/mol. The molecule has 230 valence electrons. The predicted molar refractivity (Wildman–Crippen MR) is 162 cm³/mol. The zero-order chi connectivity index (χ0) is 31.0. The summed E-state index contributed by atoms with van der Waals surface area (Å²) in [5, 5.41) is 3.09. The molecule has 4 rings (SSSR count). The second-order valence-electron chi connectivity index (χ2n) is 10.4. The zero-order valence-corrected chi connectivity index (χ0v) is 25.5. The van der Waals surface area contributed by atoms with Gasteiger partial charge in [0.25, 0.3) is 10.0 Å². The summed E-state index contributed by atoms with van der Waals surface area (Å²) in [5.41, 5.74) is 0.881. The Bertz CT molecular complexity index is 1500. The largest absolute Gasteiger partial charge is 0.493 e. The fourth-order valence-electron chi connectivity index (χ4n) is 5.31. The lowest BCUT2D eigenvalue weighted by Gasteiger charge is -2.33. The maximum Gasteiger partial charge on any atom is 0.264 e. The van der Waals surface area contributed by atoms with Gasteiger partial charge < -0.3 is 19.7 Å². The maximum atomic E-state index is 14.2. The zero-order valence-electron chi connectivity index (χ0n) is 24.7. The lowest BCUT2D eigenvalue weighted by atomic mass is 10.1. The first-order chi connectivity index (χ1) is 20.7.